The van der Waals surface area contributed by atoms with Crippen LogP contribution >= 0.6 is 0 Å². The van der Waals surface area contributed by atoms with Crippen molar-refractivity contribution < 1.29 is 44.0 Å². The van der Waals surface area contributed by atoms with Gasteiger partial charge in [0, 0.05) is 77.9 Å². The second-order valence-electron chi connectivity index (χ2n) is 14.4. The van der Waals surface area contributed by atoms with Crippen LogP contribution in [0.25, 0.3) is 44.1 Å². The largest absolute Gasteiger partial charge is 0.347 e. The number of nitrogens with one attached hydrogen (secondary N) is 2. The first-order valence-electron chi connectivity index (χ1n) is 19.0. The summed E-state index contributed by atoms with van der Waals surface area (Å²) in [6.07, 6.45) is 8.18. The SMILES string of the molecule is CS(=O)(=O)c1ccc(CNC(=O)c2ccc3cncc(-c4cc(F)ccc4F)c3n2)cc1.CS(=O)(=O)c1ccc(CNC(=O)c2ccc3cncc(-c4ccc(F)c(F)c4)c3n2)cc1. The molecule has 0 spiro atoms. The molecular weight excluding hydrogens is 873 g/mol. The van der Waals surface area contributed by atoms with Crippen LogP contribution in [0.3, 0.4) is 0 Å². The number of carbonyl (C=O) groups excluding carboxylic acids is 2. The van der Waals surface area contributed by atoms with Crippen molar-refractivity contribution in [2.24, 2.45) is 0 Å². The van der Waals surface area contributed by atoms with Crippen LogP contribution in [0.4, 0.5) is 17.6 Å². The smallest absolute Gasteiger partial charge is 0.270 e. The predicted octanol–water partition coefficient (Wildman–Crippen LogP) is 7.82. The first-order chi connectivity index (χ1) is 30.4. The monoisotopic (exact) mass is 906 g/mol. The minimum Gasteiger partial charge on any atom is -0.347 e. The van der Waals surface area contributed by atoms with Gasteiger partial charge in [0.15, 0.2) is 31.3 Å². The minimum atomic E-state index is -3.30. The molecule has 2 N–H and O–H groups in total. The topological polar surface area (TPSA) is 178 Å². The maximum atomic E-state index is 14.3. The number of pyridine rings is 4. The first kappa shape index (κ1) is 44.6. The predicted molar refractivity (Wildman–Crippen MR) is 231 cm³/mol. The number of rotatable bonds is 10. The van der Waals surface area contributed by atoms with Gasteiger partial charge in [0.1, 0.15) is 23.0 Å². The Balaban J connectivity index is 0.000000191. The van der Waals surface area contributed by atoms with E-state index in [-0.39, 0.29) is 45.4 Å². The van der Waals surface area contributed by atoms with Crippen molar-refractivity contribution in [3.63, 3.8) is 0 Å². The summed E-state index contributed by atoms with van der Waals surface area (Å²) in [6.45, 7) is 0.333. The van der Waals surface area contributed by atoms with Crippen molar-refractivity contribution in [2.45, 2.75) is 22.9 Å². The quantitative estimate of drug-likeness (QED) is 0.129. The standard InChI is InChI=1S/2C23H17F2N3O3S/c1-32(30,31)17-6-2-14(3-7-17)11-27-23(29)21-9-4-15-12-26-13-19(22(15)28-21)18-10-16(24)5-8-20(18)25;1-32(30,31)17-6-2-14(3-7-17)11-27-23(29)21-9-5-16-12-26-13-18(22(16)28-21)15-4-8-19(24)20(25)10-15/h2*2-10,12-13H,11H2,1H3,(H,27,29). The Morgan fingerprint density at radius 2 is 0.969 bits per heavy atom. The van der Waals surface area contributed by atoms with Gasteiger partial charge in [-0.05, 0) is 95.6 Å². The van der Waals surface area contributed by atoms with E-state index in [0.717, 1.165) is 48.4 Å². The highest BCUT2D eigenvalue weighted by Gasteiger charge is 2.17. The molecule has 0 fully saturated rings. The molecule has 0 radical (unpaired) electrons. The summed E-state index contributed by atoms with van der Waals surface area (Å²) in [6, 6.07) is 25.3. The Morgan fingerprint density at radius 1 is 0.500 bits per heavy atom. The molecule has 0 atom stereocenters. The third-order valence-corrected chi connectivity index (χ3v) is 12.0. The van der Waals surface area contributed by atoms with Gasteiger partial charge in [0.2, 0.25) is 0 Å². The molecule has 4 aromatic heterocycles. The van der Waals surface area contributed by atoms with Gasteiger partial charge in [-0.25, -0.2) is 44.4 Å². The van der Waals surface area contributed by atoms with E-state index < -0.39 is 54.8 Å². The zero-order valence-electron chi connectivity index (χ0n) is 33.7. The van der Waals surface area contributed by atoms with Crippen molar-refractivity contribution in [1.82, 2.24) is 30.6 Å². The second-order valence-corrected chi connectivity index (χ2v) is 18.4. The van der Waals surface area contributed by atoms with Crippen molar-refractivity contribution in [1.29, 1.82) is 0 Å². The number of nitrogens with zero attached hydrogens (tertiary/aromatic N) is 4. The molecule has 8 rings (SSSR count). The van der Waals surface area contributed by atoms with Crippen LogP contribution in [0.15, 0.2) is 144 Å². The molecule has 0 saturated heterocycles. The molecule has 0 aliphatic heterocycles. The molecule has 4 heterocycles. The molecule has 12 nitrogen and oxygen atoms in total. The van der Waals surface area contributed by atoms with Crippen LogP contribution in [-0.4, -0.2) is 61.1 Å². The maximum Gasteiger partial charge on any atom is 0.270 e. The van der Waals surface area contributed by atoms with Gasteiger partial charge < -0.3 is 10.6 Å². The summed E-state index contributed by atoms with van der Waals surface area (Å²) >= 11 is 0. The van der Waals surface area contributed by atoms with E-state index in [1.165, 1.54) is 55.0 Å². The third kappa shape index (κ3) is 10.4. The lowest BCUT2D eigenvalue weighted by Crippen LogP contribution is -2.23. The second kappa shape index (κ2) is 18.5. The van der Waals surface area contributed by atoms with Gasteiger partial charge in [-0.2, -0.15) is 0 Å². The van der Waals surface area contributed by atoms with Crippen LogP contribution in [0.2, 0.25) is 0 Å². The Bertz CT molecular complexity index is 3320. The van der Waals surface area contributed by atoms with E-state index >= 15 is 0 Å². The normalized spacial score (nSPS) is 11.5. The molecule has 0 unspecified atom stereocenters. The lowest BCUT2D eigenvalue weighted by Gasteiger charge is -2.10. The van der Waals surface area contributed by atoms with Crippen molar-refractivity contribution in [2.75, 3.05) is 12.5 Å². The number of sulfone groups is 2. The summed E-state index contributed by atoms with van der Waals surface area (Å²) in [5, 5.41) is 6.66. The zero-order valence-corrected chi connectivity index (χ0v) is 35.3. The number of hydrogen-bond donors (Lipinski definition) is 2. The van der Waals surface area contributed by atoms with Gasteiger partial charge in [-0.3, -0.25) is 19.6 Å². The van der Waals surface area contributed by atoms with E-state index in [9.17, 15) is 44.0 Å². The van der Waals surface area contributed by atoms with E-state index in [1.54, 1.807) is 48.7 Å². The van der Waals surface area contributed by atoms with Gasteiger partial charge in [0.25, 0.3) is 11.8 Å². The number of hydrogen-bond acceptors (Lipinski definition) is 10. The zero-order chi connectivity index (χ0) is 45.8. The van der Waals surface area contributed by atoms with Gasteiger partial charge in [0.05, 0.1) is 20.8 Å². The highest BCUT2D eigenvalue weighted by atomic mass is 32.2. The van der Waals surface area contributed by atoms with E-state index in [0.29, 0.717) is 38.5 Å². The Labute approximate surface area is 363 Å². The molecule has 18 heteroatoms. The molecule has 64 heavy (non-hydrogen) atoms. The molecule has 0 aliphatic rings. The summed E-state index contributed by atoms with van der Waals surface area (Å²) in [4.78, 5) is 42.6. The Hall–Kier alpha value is -7.44. The van der Waals surface area contributed by atoms with Gasteiger partial charge in [-0.15, -0.1) is 0 Å². The van der Waals surface area contributed by atoms with Crippen LogP contribution < -0.4 is 10.6 Å². The number of halogens is 4. The average molecular weight is 907 g/mol. The maximum absolute atomic E-state index is 14.3. The fourth-order valence-corrected chi connectivity index (χ4v) is 7.63. The Kier molecular flexibility index (Phi) is 12.9. The van der Waals surface area contributed by atoms with E-state index in [1.807, 2.05) is 0 Å². The summed E-state index contributed by atoms with van der Waals surface area (Å²) < 4.78 is 101. The van der Waals surface area contributed by atoms with Crippen LogP contribution in [0.1, 0.15) is 32.1 Å². The number of benzene rings is 4. The summed E-state index contributed by atoms with van der Waals surface area (Å²) in [7, 11) is -6.59. The number of amides is 2. The minimum absolute atomic E-state index is 0.000811. The van der Waals surface area contributed by atoms with Crippen molar-refractivity contribution in [3.8, 4) is 22.3 Å². The Morgan fingerprint density at radius 3 is 1.45 bits per heavy atom. The molecule has 8 aromatic rings. The van der Waals surface area contributed by atoms with Crippen molar-refractivity contribution in [3.05, 3.63) is 180 Å². The summed E-state index contributed by atoms with van der Waals surface area (Å²) in [5.41, 5.74) is 3.52. The number of carbonyl (C=O) groups is 2. The first-order valence-corrected chi connectivity index (χ1v) is 22.8. The molecule has 2 amide bonds. The third-order valence-electron chi connectivity index (χ3n) is 9.72. The van der Waals surface area contributed by atoms with E-state index in [2.05, 4.69) is 30.6 Å². The molecular formula is C46H34F4N6O6S2. The van der Waals surface area contributed by atoms with Crippen LogP contribution in [0, 0.1) is 23.3 Å². The number of aromatic nitrogens is 4. The molecule has 0 aliphatic carbocycles. The van der Waals surface area contributed by atoms with Gasteiger partial charge in [-0.1, -0.05) is 30.3 Å². The molecule has 324 valence electrons. The summed E-state index contributed by atoms with van der Waals surface area (Å²) in [5.74, 6) is -4.09. The molecule has 4 aromatic carbocycles. The fourth-order valence-electron chi connectivity index (χ4n) is 6.37. The van der Waals surface area contributed by atoms with Crippen molar-refractivity contribution >= 4 is 53.3 Å². The van der Waals surface area contributed by atoms with Gasteiger partial charge >= 0.3 is 0 Å². The number of fused-ring (bicyclic) bond motifs is 2. The van der Waals surface area contributed by atoms with Crippen LogP contribution in [-0.2, 0) is 32.8 Å². The lowest BCUT2D eigenvalue weighted by molar-refractivity contribution is 0.0938. The highest BCUT2D eigenvalue weighted by molar-refractivity contribution is 7.91. The van der Waals surface area contributed by atoms with Crippen LogP contribution in [0.5, 0.6) is 0 Å². The lowest BCUT2D eigenvalue weighted by atomic mass is 10.0. The molecule has 0 saturated carbocycles. The molecule has 0 bridgehead atoms. The van der Waals surface area contributed by atoms with E-state index in [4.69, 9.17) is 0 Å². The average Bonchev–Trinajstić information content (AvgIpc) is 3.28. The highest BCUT2D eigenvalue weighted by Crippen LogP contribution is 2.30. The fraction of sp³-hybridized carbons (Fsp3) is 0.0870.